The zero-order valence-electron chi connectivity index (χ0n) is 12.1. The molecule has 0 radical (unpaired) electrons. The molecule has 1 atom stereocenters. The fraction of sp³-hybridized carbons (Fsp3) is 0.571. The van der Waals surface area contributed by atoms with Gasteiger partial charge in [0.2, 0.25) is 11.8 Å². The lowest BCUT2D eigenvalue weighted by Crippen LogP contribution is -2.52. The summed E-state index contributed by atoms with van der Waals surface area (Å²) in [5, 5.41) is 6.25. The molecule has 0 spiro atoms. The second-order valence-corrected chi connectivity index (χ2v) is 4.89. The van der Waals surface area contributed by atoms with Crippen molar-refractivity contribution >= 4 is 5.91 Å². The first-order valence-corrected chi connectivity index (χ1v) is 6.92. The van der Waals surface area contributed by atoms with Gasteiger partial charge in [0.25, 0.3) is 0 Å². The summed E-state index contributed by atoms with van der Waals surface area (Å²) in [6.07, 6.45) is 1.68. The van der Waals surface area contributed by atoms with E-state index in [1.165, 1.54) is 0 Å². The van der Waals surface area contributed by atoms with Crippen LogP contribution >= 0.6 is 0 Å². The third kappa shape index (κ3) is 3.91. The van der Waals surface area contributed by atoms with E-state index in [2.05, 4.69) is 20.5 Å². The third-order valence-corrected chi connectivity index (χ3v) is 3.55. The molecule has 0 bridgehead atoms. The topological polar surface area (TPSA) is 66.5 Å². The largest absolute Gasteiger partial charge is 0.481 e. The quantitative estimate of drug-likeness (QED) is 0.793. The van der Waals surface area contributed by atoms with Crippen molar-refractivity contribution in [2.45, 2.75) is 19.5 Å². The first-order chi connectivity index (χ1) is 9.70. The number of carbonyl (C=O) groups is 1. The predicted octanol–water partition coefficient (Wildman–Crippen LogP) is 0.000100. The van der Waals surface area contributed by atoms with Crippen LogP contribution in [-0.2, 0) is 11.3 Å². The van der Waals surface area contributed by atoms with Crippen molar-refractivity contribution < 1.29 is 9.53 Å². The monoisotopic (exact) mass is 278 g/mol. The van der Waals surface area contributed by atoms with Gasteiger partial charge in [0.1, 0.15) is 0 Å². The third-order valence-electron chi connectivity index (χ3n) is 3.55. The van der Waals surface area contributed by atoms with E-state index in [1.807, 2.05) is 19.1 Å². The molecule has 1 aromatic heterocycles. The molecule has 1 unspecified atom stereocenters. The van der Waals surface area contributed by atoms with Crippen LogP contribution in [0.5, 0.6) is 5.88 Å². The lowest BCUT2D eigenvalue weighted by Gasteiger charge is -2.31. The summed E-state index contributed by atoms with van der Waals surface area (Å²) in [5.41, 5.74) is 0.984. The number of piperazine rings is 1. The molecular formula is C14H22N4O2. The van der Waals surface area contributed by atoms with Gasteiger partial charge >= 0.3 is 0 Å². The molecule has 1 aliphatic heterocycles. The van der Waals surface area contributed by atoms with Gasteiger partial charge in [0.15, 0.2) is 0 Å². The maximum atomic E-state index is 12.2. The van der Waals surface area contributed by atoms with Crippen LogP contribution in [-0.4, -0.2) is 55.1 Å². The van der Waals surface area contributed by atoms with Crippen molar-refractivity contribution in [1.82, 2.24) is 20.5 Å². The Balaban J connectivity index is 1.84. The Morgan fingerprint density at radius 1 is 1.55 bits per heavy atom. The van der Waals surface area contributed by atoms with Gasteiger partial charge < -0.3 is 15.4 Å². The molecule has 2 heterocycles. The molecule has 110 valence electrons. The molecule has 2 N–H and O–H groups in total. The molecule has 6 nitrogen and oxygen atoms in total. The molecule has 1 saturated heterocycles. The van der Waals surface area contributed by atoms with E-state index in [4.69, 9.17) is 4.74 Å². The Morgan fingerprint density at radius 2 is 2.30 bits per heavy atom. The number of pyridine rings is 1. The Morgan fingerprint density at radius 3 is 3.00 bits per heavy atom. The maximum Gasteiger partial charge on any atom is 0.237 e. The van der Waals surface area contributed by atoms with Crippen LogP contribution in [0.1, 0.15) is 12.5 Å². The molecule has 0 aliphatic carbocycles. The number of nitrogens with one attached hydrogen (secondary N) is 2. The lowest BCUT2D eigenvalue weighted by molar-refractivity contribution is -0.126. The Hall–Kier alpha value is -1.66. The second-order valence-electron chi connectivity index (χ2n) is 4.89. The summed E-state index contributed by atoms with van der Waals surface area (Å²) in [7, 11) is 1.58. The highest BCUT2D eigenvalue weighted by Gasteiger charge is 2.22. The number of rotatable bonds is 5. The van der Waals surface area contributed by atoms with Crippen molar-refractivity contribution in [2.75, 3.05) is 33.3 Å². The van der Waals surface area contributed by atoms with Crippen LogP contribution in [0.4, 0.5) is 0 Å². The molecule has 0 aromatic carbocycles. The number of ether oxygens (including phenoxy) is 1. The standard InChI is InChI=1S/C14H22N4O2/c1-11(18-7-5-15-6-8-18)14(19)17-10-12-3-4-16-13(9-12)20-2/h3-4,9,11,15H,5-8,10H2,1-2H3,(H,17,19). The van der Waals surface area contributed by atoms with Gasteiger partial charge in [0, 0.05) is 45.0 Å². The van der Waals surface area contributed by atoms with Gasteiger partial charge in [0.05, 0.1) is 13.2 Å². The van der Waals surface area contributed by atoms with Crippen LogP contribution in [0, 0.1) is 0 Å². The Bertz CT molecular complexity index is 447. The van der Waals surface area contributed by atoms with Crippen LogP contribution in [0.2, 0.25) is 0 Å². The van der Waals surface area contributed by atoms with Gasteiger partial charge in [-0.2, -0.15) is 0 Å². The maximum absolute atomic E-state index is 12.2. The summed E-state index contributed by atoms with van der Waals surface area (Å²) < 4.78 is 5.07. The van der Waals surface area contributed by atoms with Crippen LogP contribution < -0.4 is 15.4 Å². The molecule has 0 saturated carbocycles. The zero-order chi connectivity index (χ0) is 14.4. The van der Waals surface area contributed by atoms with E-state index in [-0.39, 0.29) is 11.9 Å². The van der Waals surface area contributed by atoms with E-state index in [0.717, 1.165) is 31.7 Å². The number of carbonyl (C=O) groups excluding carboxylic acids is 1. The van der Waals surface area contributed by atoms with Crippen molar-refractivity contribution in [3.63, 3.8) is 0 Å². The molecular weight excluding hydrogens is 256 g/mol. The second kappa shape index (κ2) is 7.21. The van der Waals surface area contributed by atoms with E-state index in [1.54, 1.807) is 13.3 Å². The number of amides is 1. The molecule has 1 aromatic rings. The van der Waals surface area contributed by atoms with Crippen molar-refractivity contribution in [1.29, 1.82) is 0 Å². The number of hydrogen-bond acceptors (Lipinski definition) is 5. The predicted molar refractivity (Wildman–Crippen MR) is 76.5 cm³/mol. The molecule has 20 heavy (non-hydrogen) atoms. The normalized spacial score (nSPS) is 17.5. The van der Waals surface area contributed by atoms with E-state index in [0.29, 0.717) is 12.4 Å². The summed E-state index contributed by atoms with van der Waals surface area (Å²) in [6.45, 7) is 6.16. The number of methoxy groups -OCH3 is 1. The summed E-state index contributed by atoms with van der Waals surface area (Å²) in [4.78, 5) is 18.4. The van der Waals surface area contributed by atoms with E-state index in [9.17, 15) is 4.79 Å². The molecule has 1 amide bonds. The van der Waals surface area contributed by atoms with Gasteiger partial charge in [-0.1, -0.05) is 0 Å². The van der Waals surface area contributed by atoms with Crippen LogP contribution in [0.3, 0.4) is 0 Å². The molecule has 1 aliphatic rings. The van der Waals surface area contributed by atoms with E-state index >= 15 is 0 Å². The van der Waals surface area contributed by atoms with Crippen LogP contribution in [0.15, 0.2) is 18.3 Å². The minimum absolute atomic E-state index is 0.0580. The van der Waals surface area contributed by atoms with Gasteiger partial charge in [-0.25, -0.2) is 4.98 Å². The van der Waals surface area contributed by atoms with Crippen molar-refractivity contribution in [2.24, 2.45) is 0 Å². The summed E-state index contributed by atoms with van der Waals surface area (Å²) in [5.74, 6) is 0.620. The van der Waals surface area contributed by atoms with Gasteiger partial charge in [-0.3, -0.25) is 9.69 Å². The first kappa shape index (κ1) is 14.7. The number of aromatic nitrogens is 1. The minimum Gasteiger partial charge on any atom is -0.481 e. The Labute approximate surface area is 119 Å². The Kier molecular flexibility index (Phi) is 5.31. The summed E-state index contributed by atoms with van der Waals surface area (Å²) in [6, 6.07) is 3.61. The summed E-state index contributed by atoms with van der Waals surface area (Å²) >= 11 is 0. The minimum atomic E-state index is -0.0965. The van der Waals surface area contributed by atoms with Crippen LogP contribution in [0.25, 0.3) is 0 Å². The van der Waals surface area contributed by atoms with Crippen molar-refractivity contribution in [3.8, 4) is 5.88 Å². The molecule has 6 heteroatoms. The SMILES string of the molecule is COc1cc(CNC(=O)C(C)N2CCNCC2)ccn1. The highest BCUT2D eigenvalue weighted by molar-refractivity contribution is 5.81. The average molecular weight is 278 g/mol. The van der Waals surface area contributed by atoms with Gasteiger partial charge in [-0.05, 0) is 18.6 Å². The first-order valence-electron chi connectivity index (χ1n) is 6.92. The molecule has 1 fully saturated rings. The number of hydrogen-bond donors (Lipinski definition) is 2. The number of nitrogens with zero attached hydrogens (tertiary/aromatic N) is 2. The smallest absolute Gasteiger partial charge is 0.237 e. The highest BCUT2D eigenvalue weighted by atomic mass is 16.5. The zero-order valence-corrected chi connectivity index (χ0v) is 12.1. The average Bonchev–Trinajstić information content (AvgIpc) is 2.53. The van der Waals surface area contributed by atoms with E-state index < -0.39 is 0 Å². The fourth-order valence-electron chi connectivity index (χ4n) is 2.24. The fourth-order valence-corrected chi connectivity index (χ4v) is 2.24. The van der Waals surface area contributed by atoms with Gasteiger partial charge in [-0.15, -0.1) is 0 Å². The highest BCUT2D eigenvalue weighted by Crippen LogP contribution is 2.08. The van der Waals surface area contributed by atoms with Crippen molar-refractivity contribution in [3.05, 3.63) is 23.9 Å². The lowest BCUT2D eigenvalue weighted by atomic mass is 10.2. The molecule has 2 rings (SSSR count).